The number of aryl methyl sites for hydroxylation is 2. The number of carbonyl (C=O) groups is 1. The maximum atomic E-state index is 13.1. The van der Waals surface area contributed by atoms with E-state index in [1.54, 1.807) is 0 Å². The van der Waals surface area contributed by atoms with Crippen molar-refractivity contribution in [1.82, 2.24) is 20.1 Å². The summed E-state index contributed by atoms with van der Waals surface area (Å²) in [6, 6.07) is 17.0. The number of nitrogens with one attached hydrogen (secondary N) is 1. The zero-order chi connectivity index (χ0) is 20.4. The largest absolute Gasteiger partial charge is 0.348 e. The molecular weight excluding hydrogens is 384 g/mol. The summed E-state index contributed by atoms with van der Waals surface area (Å²) in [5, 5.41) is 8.91. The molecule has 0 saturated heterocycles. The Kier molecular flexibility index (Phi) is 5.32. The van der Waals surface area contributed by atoms with Gasteiger partial charge in [0, 0.05) is 40.8 Å². The first-order valence-corrected chi connectivity index (χ1v) is 9.90. The van der Waals surface area contributed by atoms with Crippen molar-refractivity contribution < 1.29 is 4.79 Å². The van der Waals surface area contributed by atoms with Gasteiger partial charge in [-0.25, -0.2) is 4.98 Å². The molecule has 146 valence electrons. The van der Waals surface area contributed by atoms with E-state index in [-0.39, 0.29) is 5.91 Å². The summed E-state index contributed by atoms with van der Waals surface area (Å²) in [5.74, 6) is -0.143. The van der Waals surface area contributed by atoms with E-state index < -0.39 is 0 Å². The highest BCUT2D eigenvalue weighted by molar-refractivity contribution is 6.30. The highest BCUT2D eigenvalue weighted by Crippen LogP contribution is 2.26. The van der Waals surface area contributed by atoms with Crippen LogP contribution in [-0.4, -0.2) is 20.7 Å². The first kappa shape index (κ1) is 19.2. The fourth-order valence-electron chi connectivity index (χ4n) is 3.32. The zero-order valence-electron chi connectivity index (χ0n) is 16.3. The van der Waals surface area contributed by atoms with Crippen molar-refractivity contribution in [2.45, 2.75) is 26.9 Å². The van der Waals surface area contributed by atoms with Crippen LogP contribution in [0.15, 0.2) is 60.8 Å². The number of pyridine rings is 1. The topological polar surface area (TPSA) is 59.8 Å². The van der Waals surface area contributed by atoms with E-state index >= 15 is 0 Å². The Labute approximate surface area is 174 Å². The molecule has 0 saturated carbocycles. The lowest BCUT2D eigenvalue weighted by Crippen LogP contribution is -2.23. The molecule has 0 aliphatic rings. The molecule has 0 atom stereocenters. The fraction of sp³-hybridized carbons (Fsp3) is 0.174. The third-order valence-electron chi connectivity index (χ3n) is 4.89. The van der Waals surface area contributed by atoms with Gasteiger partial charge in [-0.3, -0.25) is 9.48 Å². The van der Waals surface area contributed by atoms with Gasteiger partial charge in [0.2, 0.25) is 0 Å². The molecule has 1 amide bonds. The summed E-state index contributed by atoms with van der Waals surface area (Å²) < 4.78 is 1.87. The van der Waals surface area contributed by atoms with E-state index in [0.717, 1.165) is 34.3 Å². The monoisotopic (exact) mass is 404 g/mol. The minimum absolute atomic E-state index is 0.143. The van der Waals surface area contributed by atoms with Crippen LogP contribution < -0.4 is 5.32 Å². The molecule has 0 aliphatic carbocycles. The van der Waals surface area contributed by atoms with Crippen molar-refractivity contribution in [3.8, 4) is 11.3 Å². The SMILES string of the molecule is CCn1cc(CNC(=O)c2cc(-c3cccc(Cl)c3)nc3ccccc23)c(C)n1. The van der Waals surface area contributed by atoms with E-state index in [4.69, 9.17) is 16.6 Å². The molecule has 0 unspecified atom stereocenters. The van der Waals surface area contributed by atoms with Crippen LogP contribution in [0.5, 0.6) is 0 Å². The fourth-order valence-corrected chi connectivity index (χ4v) is 3.51. The van der Waals surface area contributed by atoms with Gasteiger partial charge in [0.05, 0.1) is 22.5 Å². The quantitative estimate of drug-likeness (QED) is 0.508. The van der Waals surface area contributed by atoms with Crippen LogP contribution in [0, 0.1) is 6.92 Å². The Balaban J connectivity index is 1.69. The smallest absolute Gasteiger partial charge is 0.252 e. The number of fused-ring (bicyclic) bond motifs is 1. The number of rotatable bonds is 5. The number of nitrogens with zero attached hydrogens (tertiary/aromatic N) is 3. The highest BCUT2D eigenvalue weighted by Gasteiger charge is 2.15. The predicted octanol–water partition coefficient (Wildman–Crippen LogP) is 5.01. The average molecular weight is 405 g/mol. The van der Waals surface area contributed by atoms with Gasteiger partial charge in [-0.1, -0.05) is 41.9 Å². The van der Waals surface area contributed by atoms with E-state index in [1.807, 2.05) is 79.3 Å². The Morgan fingerprint density at radius 3 is 2.72 bits per heavy atom. The highest BCUT2D eigenvalue weighted by atomic mass is 35.5. The maximum Gasteiger partial charge on any atom is 0.252 e. The summed E-state index contributed by atoms with van der Waals surface area (Å²) >= 11 is 6.15. The van der Waals surface area contributed by atoms with Gasteiger partial charge in [-0.05, 0) is 38.1 Å². The summed E-state index contributed by atoms with van der Waals surface area (Å²) in [6.45, 7) is 5.21. The molecule has 1 N–H and O–H groups in total. The molecular formula is C23H21ClN4O. The second kappa shape index (κ2) is 8.05. The lowest BCUT2D eigenvalue weighted by Gasteiger charge is -2.11. The Hall–Kier alpha value is -3.18. The number of amides is 1. The second-order valence-corrected chi connectivity index (χ2v) is 7.30. The van der Waals surface area contributed by atoms with Gasteiger partial charge in [0.25, 0.3) is 5.91 Å². The van der Waals surface area contributed by atoms with Gasteiger partial charge in [0.1, 0.15) is 0 Å². The van der Waals surface area contributed by atoms with E-state index in [0.29, 0.717) is 22.8 Å². The molecule has 5 nitrogen and oxygen atoms in total. The molecule has 0 aliphatic heterocycles. The molecule has 2 aromatic carbocycles. The molecule has 29 heavy (non-hydrogen) atoms. The van der Waals surface area contributed by atoms with Gasteiger partial charge in [0.15, 0.2) is 0 Å². The third-order valence-corrected chi connectivity index (χ3v) is 5.13. The molecule has 0 radical (unpaired) electrons. The minimum atomic E-state index is -0.143. The number of para-hydroxylation sites is 1. The van der Waals surface area contributed by atoms with Crippen molar-refractivity contribution in [3.63, 3.8) is 0 Å². The predicted molar refractivity (Wildman–Crippen MR) is 116 cm³/mol. The first-order valence-electron chi connectivity index (χ1n) is 9.52. The lowest BCUT2D eigenvalue weighted by atomic mass is 10.0. The van der Waals surface area contributed by atoms with Crippen LogP contribution in [0.2, 0.25) is 5.02 Å². The van der Waals surface area contributed by atoms with E-state index in [1.165, 1.54) is 0 Å². The Morgan fingerprint density at radius 2 is 1.97 bits per heavy atom. The number of hydrogen-bond acceptors (Lipinski definition) is 3. The summed E-state index contributed by atoms with van der Waals surface area (Å²) in [7, 11) is 0. The van der Waals surface area contributed by atoms with Crippen LogP contribution in [-0.2, 0) is 13.1 Å². The van der Waals surface area contributed by atoms with Gasteiger partial charge < -0.3 is 5.32 Å². The van der Waals surface area contributed by atoms with E-state index in [9.17, 15) is 4.79 Å². The number of halogens is 1. The van der Waals surface area contributed by atoms with E-state index in [2.05, 4.69) is 10.4 Å². The molecule has 0 fully saturated rings. The standard InChI is InChI=1S/C23H21ClN4O/c1-3-28-14-17(15(2)27-28)13-25-23(29)20-12-22(16-7-6-8-18(24)11-16)26-21-10-5-4-9-19(20)21/h4-12,14H,3,13H2,1-2H3,(H,25,29). The first-order chi connectivity index (χ1) is 14.0. The summed E-state index contributed by atoms with van der Waals surface area (Å²) in [6.07, 6.45) is 1.97. The number of carbonyl (C=O) groups excluding carboxylic acids is 1. The van der Waals surface area contributed by atoms with Crippen molar-refractivity contribution >= 4 is 28.4 Å². The lowest BCUT2D eigenvalue weighted by molar-refractivity contribution is 0.0952. The summed E-state index contributed by atoms with van der Waals surface area (Å²) in [5.41, 5.74) is 4.87. The Morgan fingerprint density at radius 1 is 1.14 bits per heavy atom. The zero-order valence-corrected chi connectivity index (χ0v) is 17.1. The van der Waals surface area contributed by atoms with Crippen LogP contribution >= 0.6 is 11.6 Å². The third kappa shape index (κ3) is 4.00. The molecule has 4 rings (SSSR count). The summed E-state index contributed by atoms with van der Waals surface area (Å²) in [4.78, 5) is 17.8. The van der Waals surface area contributed by atoms with Crippen LogP contribution in [0.4, 0.5) is 0 Å². The minimum Gasteiger partial charge on any atom is -0.348 e. The van der Waals surface area contributed by atoms with Crippen LogP contribution in [0.1, 0.15) is 28.5 Å². The molecule has 6 heteroatoms. The number of aromatic nitrogens is 3. The molecule has 0 spiro atoms. The molecule has 2 heterocycles. The molecule has 0 bridgehead atoms. The van der Waals surface area contributed by atoms with Crippen molar-refractivity contribution in [3.05, 3.63) is 82.6 Å². The van der Waals surface area contributed by atoms with Crippen molar-refractivity contribution in [2.24, 2.45) is 0 Å². The average Bonchev–Trinajstić information content (AvgIpc) is 3.11. The van der Waals surface area contributed by atoms with Crippen LogP contribution in [0.25, 0.3) is 22.2 Å². The van der Waals surface area contributed by atoms with Crippen molar-refractivity contribution in [2.75, 3.05) is 0 Å². The molecule has 2 aromatic heterocycles. The maximum absolute atomic E-state index is 13.1. The van der Waals surface area contributed by atoms with Crippen molar-refractivity contribution in [1.29, 1.82) is 0 Å². The Bertz CT molecular complexity index is 1200. The number of hydrogen-bond donors (Lipinski definition) is 1. The van der Waals surface area contributed by atoms with Crippen LogP contribution in [0.3, 0.4) is 0 Å². The molecule has 4 aromatic rings. The van der Waals surface area contributed by atoms with Gasteiger partial charge in [-0.2, -0.15) is 5.10 Å². The second-order valence-electron chi connectivity index (χ2n) is 6.86. The number of benzene rings is 2. The van der Waals surface area contributed by atoms with Gasteiger partial charge in [-0.15, -0.1) is 0 Å². The normalized spacial score (nSPS) is 11.0. The van der Waals surface area contributed by atoms with Gasteiger partial charge >= 0.3 is 0 Å².